The Bertz CT molecular complexity index is 1500. The summed E-state index contributed by atoms with van der Waals surface area (Å²) in [6, 6.07) is 43.4. The molecule has 0 aromatic heterocycles. The summed E-state index contributed by atoms with van der Waals surface area (Å²) in [6.45, 7) is 1.91. The molecule has 0 saturated carbocycles. The van der Waals surface area contributed by atoms with E-state index in [2.05, 4.69) is 21.3 Å². The molecule has 0 atom stereocenters. The zero-order valence-electron chi connectivity index (χ0n) is 22.8. The van der Waals surface area contributed by atoms with E-state index in [0.29, 0.717) is 11.4 Å². The standard InChI is InChI=1S/C35H32N4O2/c1-25-22-23-30(36-34(40)38-32(26-14-6-2-7-15-26)27-16-8-3-9-17-27)24-31(25)37-35(41)39-33(28-18-10-4-11-19-28)29-20-12-5-13-21-29/h2-24,32-33H,1H3,(H2,36,38,40)(H2,37,39,41). The topological polar surface area (TPSA) is 82.3 Å². The van der Waals surface area contributed by atoms with Gasteiger partial charge in [0.05, 0.1) is 12.1 Å². The Labute approximate surface area is 240 Å². The van der Waals surface area contributed by atoms with Crippen molar-refractivity contribution in [2.75, 3.05) is 10.6 Å². The molecule has 4 amide bonds. The Morgan fingerprint density at radius 3 is 1.24 bits per heavy atom. The number of nitrogens with one attached hydrogen (secondary N) is 4. The van der Waals surface area contributed by atoms with E-state index in [4.69, 9.17) is 0 Å². The van der Waals surface area contributed by atoms with Gasteiger partial charge in [0, 0.05) is 11.4 Å². The van der Waals surface area contributed by atoms with E-state index in [1.807, 2.05) is 140 Å². The first kappa shape index (κ1) is 27.2. The maximum atomic E-state index is 13.2. The van der Waals surface area contributed by atoms with E-state index in [-0.39, 0.29) is 24.1 Å². The maximum absolute atomic E-state index is 13.2. The van der Waals surface area contributed by atoms with Crippen molar-refractivity contribution in [2.45, 2.75) is 19.0 Å². The second kappa shape index (κ2) is 13.1. The van der Waals surface area contributed by atoms with Crippen molar-refractivity contribution in [1.29, 1.82) is 0 Å². The quantitative estimate of drug-likeness (QED) is 0.162. The van der Waals surface area contributed by atoms with Crippen LogP contribution in [0.15, 0.2) is 140 Å². The molecule has 0 bridgehead atoms. The predicted molar refractivity (Wildman–Crippen MR) is 165 cm³/mol. The number of urea groups is 2. The normalized spacial score (nSPS) is 10.7. The van der Waals surface area contributed by atoms with Crippen molar-refractivity contribution in [3.05, 3.63) is 167 Å². The van der Waals surface area contributed by atoms with Gasteiger partial charge in [-0.1, -0.05) is 127 Å². The summed E-state index contributed by atoms with van der Waals surface area (Å²) >= 11 is 0. The molecule has 0 aliphatic rings. The van der Waals surface area contributed by atoms with Gasteiger partial charge in [-0.25, -0.2) is 9.59 Å². The fourth-order valence-electron chi connectivity index (χ4n) is 4.72. The maximum Gasteiger partial charge on any atom is 0.319 e. The van der Waals surface area contributed by atoms with Crippen LogP contribution in [-0.2, 0) is 0 Å². The van der Waals surface area contributed by atoms with Gasteiger partial charge in [-0.3, -0.25) is 0 Å². The SMILES string of the molecule is Cc1ccc(NC(=O)NC(c2ccccc2)c2ccccc2)cc1NC(=O)NC(c1ccccc1)c1ccccc1. The highest BCUT2D eigenvalue weighted by Gasteiger charge is 2.19. The fraction of sp³-hybridized carbons (Fsp3) is 0.0857. The van der Waals surface area contributed by atoms with Crippen LogP contribution < -0.4 is 21.3 Å². The third kappa shape index (κ3) is 7.19. The van der Waals surface area contributed by atoms with Crippen molar-refractivity contribution < 1.29 is 9.59 Å². The van der Waals surface area contributed by atoms with Gasteiger partial charge in [0.25, 0.3) is 0 Å². The molecule has 0 heterocycles. The number of aryl methyl sites for hydroxylation is 1. The van der Waals surface area contributed by atoms with E-state index in [1.165, 1.54) is 0 Å². The molecule has 5 aromatic carbocycles. The molecule has 0 fully saturated rings. The van der Waals surface area contributed by atoms with E-state index >= 15 is 0 Å². The number of hydrogen-bond donors (Lipinski definition) is 4. The minimum absolute atomic E-state index is 0.320. The van der Waals surface area contributed by atoms with Crippen LogP contribution in [0.4, 0.5) is 21.0 Å². The van der Waals surface area contributed by atoms with Gasteiger partial charge in [0.1, 0.15) is 0 Å². The molecule has 204 valence electrons. The van der Waals surface area contributed by atoms with E-state index in [0.717, 1.165) is 27.8 Å². The van der Waals surface area contributed by atoms with E-state index in [1.54, 1.807) is 6.07 Å². The third-order valence-corrected chi connectivity index (χ3v) is 6.83. The molecular weight excluding hydrogens is 508 g/mol. The van der Waals surface area contributed by atoms with Crippen LogP contribution >= 0.6 is 0 Å². The zero-order chi connectivity index (χ0) is 28.4. The number of carbonyl (C=O) groups is 2. The van der Waals surface area contributed by atoms with Crippen LogP contribution in [0.2, 0.25) is 0 Å². The number of rotatable bonds is 8. The lowest BCUT2D eigenvalue weighted by Crippen LogP contribution is -2.34. The predicted octanol–water partition coefficient (Wildman–Crippen LogP) is 7.82. The van der Waals surface area contributed by atoms with Crippen LogP contribution in [0.1, 0.15) is 39.9 Å². The highest BCUT2D eigenvalue weighted by molar-refractivity contribution is 5.94. The Kier molecular flexibility index (Phi) is 8.72. The Balaban J connectivity index is 1.29. The summed E-state index contributed by atoms with van der Waals surface area (Å²) in [5.41, 5.74) is 5.93. The molecule has 0 saturated heterocycles. The van der Waals surface area contributed by atoms with Crippen LogP contribution in [0.25, 0.3) is 0 Å². The Morgan fingerprint density at radius 2 is 0.854 bits per heavy atom. The molecule has 6 nitrogen and oxygen atoms in total. The smallest absolute Gasteiger partial charge is 0.319 e. The number of carbonyl (C=O) groups excluding carboxylic acids is 2. The summed E-state index contributed by atoms with van der Waals surface area (Å²) in [5, 5.41) is 12.1. The van der Waals surface area contributed by atoms with Crippen LogP contribution in [0, 0.1) is 6.92 Å². The summed E-state index contributed by atoms with van der Waals surface area (Å²) in [5.74, 6) is 0. The molecule has 6 heteroatoms. The molecular formula is C35H32N4O2. The summed E-state index contributed by atoms with van der Waals surface area (Å²) < 4.78 is 0. The van der Waals surface area contributed by atoms with Gasteiger partial charge in [-0.05, 0) is 46.9 Å². The lowest BCUT2D eigenvalue weighted by Gasteiger charge is -2.21. The van der Waals surface area contributed by atoms with Crippen molar-refractivity contribution in [1.82, 2.24) is 10.6 Å². The lowest BCUT2D eigenvalue weighted by molar-refractivity contribution is 0.249. The van der Waals surface area contributed by atoms with Crippen molar-refractivity contribution >= 4 is 23.4 Å². The fourth-order valence-corrected chi connectivity index (χ4v) is 4.72. The van der Waals surface area contributed by atoms with Gasteiger partial charge in [0.2, 0.25) is 0 Å². The monoisotopic (exact) mass is 540 g/mol. The Hall–Kier alpha value is -5.36. The summed E-state index contributed by atoms with van der Waals surface area (Å²) in [6.07, 6.45) is 0. The van der Waals surface area contributed by atoms with Gasteiger partial charge in [0.15, 0.2) is 0 Å². The van der Waals surface area contributed by atoms with Crippen LogP contribution in [-0.4, -0.2) is 12.1 Å². The number of amides is 4. The van der Waals surface area contributed by atoms with Crippen LogP contribution in [0.3, 0.4) is 0 Å². The third-order valence-electron chi connectivity index (χ3n) is 6.83. The highest BCUT2D eigenvalue weighted by atomic mass is 16.2. The lowest BCUT2D eigenvalue weighted by atomic mass is 9.99. The first-order chi connectivity index (χ1) is 20.1. The Morgan fingerprint density at radius 1 is 0.488 bits per heavy atom. The summed E-state index contributed by atoms with van der Waals surface area (Å²) in [7, 11) is 0. The van der Waals surface area contributed by atoms with Crippen molar-refractivity contribution in [3.8, 4) is 0 Å². The molecule has 0 spiro atoms. The second-order valence-corrected chi connectivity index (χ2v) is 9.74. The molecule has 0 aliphatic heterocycles. The van der Waals surface area contributed by atoms with Gasteiger partial charge < -0.3 is 21.3 Å². The first-order valence-corrected chi connectivity index (χ1v) is 13.5. The highest BCUT2D eigenvalue weighted by Crippen LogP contribution is 2.25. The molecule has 0 radical (unpaired) electrons. The minimum atomic E-state index is -0.352. The van der Waals surface area contributed by atoms with Crippen LogP contribution in [0.5, 0.6) is 0 Å². The van der Waals surface area contributed by atoms with Crippen molar-refractivity contribution in [3.63, 3.8) is 0 Å². The molecule has 41 heavy (non-hydrogen) atoms. The average Bonchev–Trinajstić information content (AvgIpc) is 3.02. The van der Waals surface area contributed by atoms with E-state index in [9.17, 15) is 9.59 Å². The van der Waals surface area contributed by atoms with Gasteiger partial charge in [-0.15, -0.1) is 0 Å². The van der Waals surface area contributed by atoms with Gasteiger partial charge >= 0.3 is 12.1 Å². The molecule has 4 N–H and O–H groups in total. The molecule has 5 rings (SSSR count). The number of anilines is 2. The minimum Gasteiger partial charge on any atom is -0.327 e. The largest absolute Gasteiger partial charge is 0.327 e. The summed E-state index contributed by atoms with van der Waals surface area (Å²) in [4.78, 5) is 26.3. The van der Waals surface area contributed by atoms with E-state index < -0.39 is 0 Å². The average molecular weight is 541 g/mol. The molecule has 0 unspecified atom stereocenters. The molecule has 5 aromatic rings. The molecule has 0 aliphatic carbocycles. The zero-order valence-corrected chi connectivity index (χ0v) is 22.8. The number of benzene rings is 5. The second-order valence-electron chi connectivity index (χ2n) is 9.74. The first-order valence-electron chi connectivity index (χ1n) is 13.5. The van der Waals surface area contributed by atoms with Gasteiger partial charge in [-0.2, -0.15) is 0 Å². The van der Waals surface area contributed by atoms with Crippen molar-refractivity contribution in [2.24, 2.45) is 0 Å². The number of hydrogen-bond acceptors (Lipinski definition) is 2.